The molecule has 2 unspecified atom stereocenters. The molecule has 2 aromatic rings. The van der Waals surface area contributed by atoms with E-state index in [4.69, 9.17) is 9.47 Å². The average Bonchev–Trinajstić information content (AvgIpc) is 3.23. The van der Waals surface area contributed by atoms with Crippen molar-refractivity contribution >= 4 is 17.6 Å². The summed E-state index contributed by atoms with van der Waals surface area (Å²) in [4.78, 5) is 12.5. The standard InChI is InChI=1S/C20H21FN4O3/c1-22-20(26)25-18-14-10-17(28-3)16(27-2)8-11(14)7-15(18)19(24-25)23-13-6-4-5-12(21)9-13/h4-6,8-10,15,18H,7H2,1-3H3,(H,22,26)(H,23,24). The molecule has 28 heavy (non-hydrogen) atoms. The van der Waals surface area contributed by atoms with Crippen LogP contribution in [0.1, 0.15) is 17.2 Å². The third-order valence-corrected chi connectivity index (χ3v) is 5.13. The second-order valence-electron chi connectivity index (χ2n) is 6.68. The molecular weight excluding hydrogens is 363 g/mol. The first kappa shape index (κ1) is 18.1. The van der Waals surface area contributed by atoms with E-state index in [1.807, 2.05) is 12.1 Å². The minimum atomic E-state index is -0.340. The quantitative estimate of drug-likeness (QED) is 0.853. The molecule has 7 nitrogen and oxygen atoms in total. The molecule has 1 aliphatic heterocycles. The number of fused-ring (bicyclic) bond motifs is 3. The Kier molecular flexibility index (Phi) is 4.54. The van der Waals surface area contributed by atoms with Gasteiger partial charge in [0.05, 0.1) is 20.3 Å². The van der Waals surface area contributed by atoms with Crippen LogP contribution in [0.3, 0.4) is 0 Å². The van der Waals surface area contributed by atoms with Crippen molar-refractivity contribution < 1.29 is 18.7 Å². The summed E-state index contributed by atoms with van der Waals surface area (Å²) in [7, 11) is 4.74. The van der Waals surface area contributed by atoms with Gasteiger partial charge in [0, 0.05) is 18.7 Å². The van der Waals surface area contributed by atoms with E-state index in [-0.39, 0.29) is 23.8 Å². The summed E-state index contributed by atoms with van der Waals surface area (Å²) in [5.74, 6) is 1.45. The van der Waals surface area contributed by atoms with Crippen LogP contribution in [0.25, 0.3) is 0 Å². The number of urea groups is 1. The summed E-state index contributed by atoms with van der Waals surface area (Å²) in [5, 5.41) is 11.7. The zero-order valence-electron chi connectivity index (χ0n) is 15.8. The van der Waals surface area contributed by atoms with E-state index >= 15 is 0 Å². The summed E-state index contributed by atoms with van der Waals surface area (Å²) < 4.78 is 24.4. The van der Waals surface area contributed by atoms with Crippen molar-refractivity contribution in [3.63, 3.8) is 0 Å². The monoisotopic (exact) mass is 384 g/mol. The molecule has 2 aliphatic rings. The van der Waals surface area contributed by atoms with Gasteiger partial charge in [-0.25, -0.2) is 14.2 Å². The largest absolute Gasteiger partial charge is 0.493 e. The minimum absolute atomic E-state index is 0.0765. The second-order valence-corrected chi connectivity index (χ2v) is 6.68. The number of methoxy groups -OCH3 is 2. The van der Waals surface area contributed by atoms with Crippen LogP contribution >= 0.6 is 0 Å². The molecule has 2 amide bonds. The van der Waals surface area contributed by atoms with Crippen LogP contribution in [-0.4, -0.2) is 38.1 Å². The van der Waals surface area contributed by atoms with Crippen LogP contribution in [0, 0.1) is 11.7 Å². The average molecular weight is 384 g/mol. The summed E-state index contributed by atoms with van der Waals surface area (Å²) in [6.45, 7) is 0. The van der Waals surface area contributed by atoms with Crippen LogP contribution in [-0.2, 0) is 6.42 Å². The van der Waals surface area contributed by atoms with Gasteiger partial charge in [0.2, 0.25) is 0 Å². The van der Waals surface area contributed by atoms with Crippen LogP contribution < -0.4 is 20.1 Å². The summed E-state index contributed by atoms with van der Waals surface area (Å²) >= 11 is 0. The molecule has 0 aromatic heterocycles. The number of benzene rings is 2. The molecule has 1 aliphatic carbocycles. The van der Waals surface area contributed by atoms with Crippen molar-refractivity contribution in [3.8, 4) is 11.5 Å². The Balaban J connectivity index is 1.73. The first-order valence-electron chi connectivity index (χ1n) is 8.92. The lowest BCUT2D eigenvalue weighted by Crippen LogP contribution is -2.35. The highest BCUT2D eigenvalue weighted by molar-refractivity contribution is 6.01. The fraction of sp³-hybridized carbons (Fsp3) is 0.300. The number of nitrogens with one attached hydrogen (secondary N) is 2. The van der Waals surface area contributed by atoms with E-state index in [0.717, 1.165) is 11.1 Å². The lowest BCUT2D eigenvalue weighted by atomic mass is 10.00. The Morgan fingerprint density at radius 2 is 1.96 bits per heavy atom. The van der Waals surface area contributed by atoms with Crippen molar-refractivity contribution in [3.05, 3.63) is 53.3 Å². The number of nitrogens with zero attached hydrogens (tertiary/aromatic N) is 2. The van der Waals surface area contributed by atoms with Gasteiger partial charge in [-0.1, -0.05) is 6.07 Å². The Labute approximate surface area is 162 Å². The predicted molar refractivity (Wildman–Crippen MR) is 103 cm³/mol. The molecule has 146 valence electrons. The van der Waals surface area contributed by atoms with Crippen molar-refractivity contribution in [1.29, 1.82) is 0 Å². The van der Waals surface area contributed by atoms with E-state index in [1.54, 1.807) is 33.4 Å². The molecule has 0 spiro atoms. The minimum Gasteiger partial charge on any atom is -0.493 e. The predicted octanol–water partition coefficient (Wildman–Crippen LogP) is 3.14. The Bertz CT molecular complexity index is 962. The third kappa shape index (κ3) is 2.90. The second kappa shape index (κ2) is 7.03. The van der Waals surface area contributed by atoms with E-state index < -0.39 is 0 Å². The van der Waals surface area contributed by atoms with Gasteiger partial charge in [0.1, 0.15) is 11.7 Å². The SMILES string of the molecule is CNC(=O)N1N=C(Nc2cccc(F)c2)C2Cc3cc(OC)c(OC)cc3C21. The molecule has 2 aromatic carbocycles. The maximum absolute atomic E-state index is 13.6. The number of amides is 2. The highest BCUT2D eigenvalue weighted by Crippen LogP contribution is 2.48. The van der Waals surface area contributed by atoms with E-state index in [1.165, 1.54) is 17.1 Å². The van der Waals surface area contributed by atoms with Gasteiger partial charge in [-0.15, -0.1) is 0 Å². The number of hydrazone groups is 1. The van der Waals surface area contributed by atoms with Gasteiger partial charge in [0.15, 0.2) is 11.5 Å². The van der Waals surface area contributed by atoms with Gasteiger partial charge in [-0.2, -0.15) is 5.10 Å². The third-order valence-electron chi connectivity index (χ3n) is 5.13. The highest BCUT2D eigenvalue weighted by Gasteiger charge is 2.47. The number of hydrogen-bond donors (Lipinski definition) is 2. The summed E-state index contributed by atoms with van der Waals surface area (Å²) in [6, 6.07) is 9.42. The van der Waals surface area contributed by atoms with E-state index in [0.29, 0.717) is 29.4 Å². The van der Waals surface area contributed by atoms with Crippen LogP contribution in [0.4, 0.5) is 14.9 Å². The first-order chi connectivity index (χ1) is 13.5. The number of hydrogen-bond acceptors (Lipinski definition) is 5. The molecule has 4 rings (SSSR count). The fourth-order valence-corrected chi connectivity index (χ4v) is 3.87. The van der Waals surface area contributed by atoms with E-state index in [9.17, 15) is 9.18 Å². The molecule has 8 heteroatoms. The van der Waals surface area contributed by atoms with Crippen molar-refractivity contribution in [1.82, 2.24) is 10.3 Å². The van der Waals surface area contributed by atoms with Gasteiger partial charge >= 0.3 is 6.03 Å². The molecule has 2 N–H and O–H groups in total. The molecule has 1 heterocycles. The Morgan fingerprint density at radius 1 is 1.21 bits per heavy atom. The normalized spacial score (nSPS) is 19.6. The smallest absolute Gasteiger partial charge is 0.338 e. The number of anilines is 1. The number of carbonyl (C=O) groups is 1. The Hall–Kier alpha value is -3.29. The fourth-order valence-electron chi connectivity index (χ4n) is 3.87. The van der Waals surface area contributed by atoms with Crippen molar-refractivity contribution in [2.24, 2.45) is 11.0 Å². The van der Waals surface area contributed by atoms with Crippen LogP contribution in [0.5, 0.6) is 11.5 Å². The van der Waals surface area contributed by atoms with Crippen molar-refractivity contribution in [2.75, 3.05) is 26.6 Å². The number of ether oxygens (including phenoxy) is 2. The molecule has 2 atom stereocenters. The molecule has 0 fully saturated rings. The molecule has 0 saturated heterocycles. The molecule has 0 saturated carbocycles. The molecule has 0 bridgehead atoms. The lowest BCUT2D eigenvalue weighted by Gasteiger charge is -2.22. The van der Waals surface area contributed by atoms with Crippen molar-refractivity contribution in [2.45, 2.75) is 12.5 Å². The highest BCUT2D eigenvalue weighted by atomic mass is 19.1. The van der Waals surface area contributed by atoms with Crippen LogP contribution in [0.2, 0.25) is 0 Å². The van der Waals surface area contributed by atoms with Gasteiger partial charge in [0.25, 0.3) is 0 Å². The molecular formula is C20H21FN4O3. The number of carbonyl (C=O) groups excluding carboxylic acids is 1. The number of amidine groups is 1. The summed E-state index contributed by atoms with van der Waals surface area (Å²) in [5.41, 5.74) is 2.61. The number of halogens is 1. The van der Waals surface area contributed by atoms with Gasteiger partial charge < -0.3 is 20.1 Å². The summed E-state index contributed by atoms with van der Waals surface area (Å²) in [6.07, 6.45) is 0.676. The molecule has 0 radical (unpaired) electrons. The first-order valence-corrected chi connectivity index (χ1v) is 8.92. The zero-order chi connectivity index (χ0) is 19.8. The zero-order valence-corrected chi connectivity index (χ0v) is 15.8. The topological polar surface area (TPSA) is 75.2 Å². The number of rotatable bonds is 3. The maximum Gasteiger partial charge on any atom is 0.338 e. The lowest BCUT2D eigenvalue weighted by molar-refractivity contribution is 0.182. The van der Waals surface area contributed by atoms with E-state index in [2.05, 4.69) is 15.7 Å². The Morgan fingerprint density at radius 3 is 2.64 bits per heavy atom. The maximum atomic E-state index is 13.6. The van der Waals surface area contributed by atoms with Gasteiger partial charge in [-0.05, 0) is 47.9 Å². The van der Waals surface area contributed by atoms with Crippen LogP contribution in [0.15, 0.2) is 41.5 Å². The van der Waals surface area contributed by atoms with Gasteiger partial charge in [-0.3, -0.25) is 0 Å².